The fourth-order valence-corrected chi connectivity index (χ4v) is 3.38. The number of aryl methyl sites for hydroxylation is 1. The third kappa shape index (κ3) is 4.07. The topological polar surface area (TPSA) is 86.6 Å². The number of amides is 1. The average molecular weight is 368 g/mol. The van der Waals surface area contributed by atoms with Crippen LogP contribution in [0.25, 0.3) is 0 Å². The molecule has 0 spiro atoms. The minimum Gasteiger partial charge on any atom is -0.478 e. The number of carboxylic acid groups (broad SMARTS) is 1. The first kappa shape index (κ1) is 18.8. The van der Waals surface area contributed by atoms with Crippen LogP contribution < -0.4 is 4.90 Å². The zero-order valence-corrected chi connectivity index (χ0v) is 15.8. The van der Waals surface area contributed by atoms with Crippen LogP contribution in [0.3, 0.4) is 0 Å². The summed E-state index contributed by atoms with van der Waals surface area (Å²) in [6.45, 7) is 3.14. The van der Waals surface area contributed by atoms with E-state index >= 15 is 0 Å². The molecule has 1 atom stereocenters. The summed E-state index contributed by atoms with van der Waals surface area (Å²) >= 11 is 0. The van der Waals surface area contributed by atoms with Crippen LogP contribution in [0.1, 0.15) is 50.7 Å². The fraction of sp³-hybridized carbons (Fsp3) is 0.400. The molecule has 7 heteroatoms. The van der Waals surface area contributed by atoms with Gasteiger partial charge in [-0.2, -0.15) is 0 Å². The molecular weight excluding hydrogens is 344 g/mol. The minimum absolute atomic E-state index is 0.0512. The van der Waals surface area contributed by atoms with Crippen LogP contribution in [0.2, 0.25) is 0 Å². The Bertz CT molecular complexity index is 849. The van der Waals surface area contributed by atoms with Gasteiger partial charge in [0.15, 0.2) is 0 Å². The van der Waals surface area contributed by atoms with Gasteiger partial charge in [0.2, 0.25) is 5.95 Å². The van der Waals surface area contributed by atoms with Crippen molar-refractivity contribution < 1.29 is 14.7 Å². The molecule has 1 aromatic carbocycles. The summed E-state index contributed by atoms with van der Waals surface area (Å²) < 4.78 is 0. The average Bonchev–Trinajstić information content (AvgIpc) is 2.67. The molecule has 1 saturated heterocycles. The molecule has 3 rings (SSSR count). The van der Waals surface area contributed by atoms with Crippen LogP contribution >= 0.6 is 0 Å². The van der Waals surface area contributed by atoms with E-state index in [9.17, 15) is 9.59 Å². The molecule has 2 aromatic rings. The molecule has 1 amide bonds. The van der Waals surface area contributed by atoms with Gasteiger partial charge >= 0.3 is 5.97 Å². The molecule has 1 aliphatic rings. The maximum absolute atomic E-state index is 13.0. The Labute approximate surface area is 158 Å². The lowest BCUT2D eigenvalue weighted by Crippen LogP contribution is -2.39. The molecular formula is C20H24N4O3. The van der Waals surface area contributed by atoms with E-state index in [1.165, 1.54) is 0 Å². The zero-order chi connectivity index (χ0) is 19.6. The van der Waals surface area contributed by atoms with Crippen LogP contribution in [-0.2, 0) is 0 Å². The number of anilines is 1. The van der Waals surface area contributed by atoms with Crippen LogP contribution in [0.5, 0.6) is 0 Å². The zero-order valence-electron chi connectivity index (χ0n) is 15.8. The summed E-state index contributed by atoms with van der Waals surface area (Å²) in [5.41, 5.74) is 2.54. The van der Waals surface area contributed by atoms with E-state index in [-0.39, 0.29) is 17.4 Å². The van der Waals surface area contributed by atoms with E-state index in [2.05, 4.69) is 9.97 Å². The molecule has 142 valence electrons. The number of aromatic carboxylic acids is 1. The molecule has 1 N–H and O–H groups in total. The van der Waals surface area contributed by atoms with E-state index in [0.29, 0.717) is 30.3 Å². The van der Waals surface area contributed by atoms with Gasteiger partial charge in [0.25, 0.3) is 5.91 Å². The van der Waals surface area contributed by atoms with Gasteiger partial charge < -0.3 is 14.9 Å². The molecule has 1 unspecified atom stereocenters. The summed E-state index contributed by atoms with van der Waals surface area (Å²) in [6, 6.07) is 6.94. The summed E-state index contributed by atoms with van der Waals surface area (Å²) in [4.78, 5) is 36.3. The first-order valence-corrected chi connectivity index (χ1v) is 9.00. The molecule has 0 saturated carbocycles. The van der Waals surface area contributed by atoms with Crippen LogP contribution in [-0.4, -0.2) is 59.0 Å². The van der Waals surface area contributed by atoms with E-state index in [0.717, 1.165) is 18.4 Å². The van der Waals surface area contributed by atoms with Crippen molar-refractivity contribution in [3.05, 3.63) is 52.8 Å². The number of benzene rings is 1. The van der Waals surface area contributed by atoms with Crippen LogP contribution in [0, 0.1) is 6.92 Å². The Hall–Kier alpha value is -2.96. The number of hydrogen-bond donors (Lipinski definition) is 1. The number of likely N-dealkylation sites (tertiary alicyclic amines) is 1. The number of nitrogens with zero attached hydrogens (tertiary/aromatic N) is 4. The predicted molar refractivity (Wildman–Crippen MR) is 102 cm³/mol. The second kappa shape index (κ2) is 7.73. The second-order valence-corrected chi connectivity index (χ2v) is 7.08. The van der Waals surface area contributed by atoms with E-state index < -0.39 is 5.97 Å². The van der Waals surface area contributed by atoms with Crippen molar-refractivity contribution in [1.29, 1.82) is 0 Å². The third-order valence-electron chi connectivity index (χ3n) is 4.93. The Balaban J connectivity index is 1.75. The molecule has 1 aliphatic heterocycles. The summed E-state index contributed by atoms with van der Waals surface area (Å²) in [5.74, 6) is -0.199. The largest absolute Gasteiger partial charge is 0.478 e. The smallest absolute Gasteiger partial charge is 0.335 e. The quantitative estimate of drug-likeness (QED) is 0.893. The van der Waals surface area contributed by atoms with Gasteiger partial charge in [-0.1, -0.05) is 12.1 Å². The number of hydrogen-bond acceptors (Lipinski definition) is 5. The molecule has 2 heterocycles. The van der Waals surface area contributed by atoms with Gasteiger partial charge in [-0.25, -0.2) is 14.8 Å². The van der Waals surface area contributed by atoms with E-state index in [1.54, 1.807) is 23.2 Å². The van der Waals surface area contributed by atoms with Gasteiger partial charge in [0.05, 0.1) is 16.8 Å². The summed E-state index contributed by atoms with van der Waals surface area (Å²) in [6.07, 6.45) is 3.49. The van der Waals surface area contributed by atoms with Gasteiger partial charge in [0.1, 0.15) is 0 Å². The molecule has 0 bridgehead atoms. The Morgan fingerprint density at radius 2 is 1.93 bits per heavy atom. The highest BCUT2D eigenvalue weighted by Gasteiger charge is 2.27. The normalized spacial score (nSPS) is 16.9. The first-order valence-electron chi connectivity index (χ1n) is 9.00. The standard InChI is InChI=1S/C20H24N4O3/c1-13-17(11-21-20(22-13)23(2)3)18(25)24-10-4-5-16(12-24)14-6-8-15(9-7-14)19(26)27/h6-9,11,16H,4-5,10,12H2,1-3H3,(H,26,27). The highest BCUT2D eigenvalue weighted by atomic mass is 16.4. The first-order chi connectivity index (χ1) is 12.9. The number of carbonyl (C=O) groups is 2. The summed E-state index contributed by atoms with van der Waals surface area (Å²) in [7, 11) is 3.72. The van der Waals surface area contributed by atoms with Crippen molar-refractivity contribution in [3.63, 3.8) is 0 Å². The molecule has 1 fully saturated rings. The SMILES string of the molecule is Cc1nc(N(C)C)ncc1C(=O)N1CCCC(c2ccc(C(=O)O)cc2)C1. The van der Waals surface area contributed by atoms with Crippen molar-refractivity contribution in [1.82, 2.24) is 14.9 Å². The highest BCUT2D eigenvalue weighted by Crippen LogP contribution is 2.28. The fourth-order valence-electron chi connectivity index (χ4n) is 3.38. The number of rotatable bonds is 4. The van der Waals surface area contributed by atoms with Crippen molar-refractivity contribution >= 4 is 17.8 Å². The lowest BCUT2D eigenvalue weighted by atomic mass is 9.90. The Morgan fingerprint density at radius 1 is 1.22 bits per heavy atom. The van der Waals surface area contributed by atoms with E-state index in [1.807, 2.05) is 38.1 Å². The van der Waals surface area contributed by atoms with Crippen LogP contribution in [0.15, 0.2) is 30.5 Å². The van der Waals surface area contributed by atoms with Crippen molar-refractivity contribution in [2.45, 2.75) is 25.7 Å². The molecule has 0 radical (unpaired) electrons. The highest BCUT2D eigenvalue weighted by molar-refractivity contribution is 5.95. The number of aromatic nitrogens is 2. The second-order valence-electron chi connectivity index (χ2n) is 7.08. The van der Waals surface area contributed by atoms with Crippen molar-refractivity contribution in [2.24, 2.45) is 0 Å². The lowest BCUT2D eigenvalue weighted by Gasteiger charge is -2.33. The number of carboxylic acids is 1. The van der Waals surface area contributed by atoms with Gasteiger partial charge in [-0.3, -0.25) is 4.79 Å². The monoisotopic (exact) mass is 368 g/mol. The maximum Gasteiger partial charge on any atom is 0.335 e. The third-order valence-corrected chi connectivity index (χ3v) is 4.93. The summed E-state index contributed by atoms with van der Waals surface area (Å²) in [5, 5.41) is 9.04. The van der Waals surface area contributed by atoms with Crippen LogP contribution in [0.4, 0.5) is 5.95 Å². The molecule has 7 nitrogen and oxygen atoms in total. The molecule has 27 heavy (non-hydrogen) atoms. The predicted octanol–water partition coefficient (Wildman–Crippen LogP) is 2.57. The van der Waals surface area contributed by atoms with Crippen molar-refractivity contribution in [3.8, 4) is 0 Å². The van der Waals surface area contributed by atoms with Gasteiger partial charge in [-0.05, 0) is 37.5 Å². The Morgan fingerprint density at radius 3 is 2.52 bits per heavy atom. The van der Waals surface area contributed by atoms with Crippen molar-refractivity contribution in [2.75, 3.05) is 32.1 Å². The maximum atomic E-state index is 13.0. The Kier molecular flexibility index (Phi) is 5.39. The molecule has 0 aliphatic carbocycles. The van der Waals surface area contributed by atoms with Gasteiger partial charge in [-0.15, -0.1) is 0 Å². The number of carbonyl (C=O) groups excluding carboxylic acids is 1. The molecule has 1 aromatic heterocycles. The minimum atomic E-state index is -0.932. The van der Waals surface area contributed by atoms with E-state index in [4.69, 9.17) is 5.11 Å². The lowest BCUT2D eigenvalue weighted by molar-refractivity contribution is 0.0693. The van der Waals surface area contributed by atoms with Gasteiger partial charge in [0, 0.05) is 39.3 Å². The number of piperidine rings is 1.